The molecule has 0 radical (unpaired) electrons. The number of nitrogens with one attached hydrogen (secondary N) is 1. The van der Waals surface area contributed by atoms with Crippen molar-refractivity contribution in [1.29, 1.82) is 0 Å². The number of ketones is 1. The summed E-state index contributed by atoms with van der Waals surface area (Å²) in [7, 11) is 0. The monoisotopic (exact) mass is 329 g/mol. The number of rotatable bonds is 5. The lowest BCUT2D eigenvalue weighted by Crippen LogP contribution is -1.99. The highest BCUT2D eigenvalue weighted by Gasteiger charge is 2.10. The molecule has 2 aromatic heterocycles. The molecule has 0 saturated heterocycles. The highest BCUT2D eigenvalue weighted by Crippen LogP contribution is 2.23. The number of aromatic nitrogens is 3. The van der Waals surface area contributed by atoms with Crippen molar-refractivity contribution in [1.82, 2.24) is 15.2 Å². The normalized spacial score (nSPS) is 11.6. The summed E-state index contributed by atoms with van der Waals surface area (Å²) >= 11 is 1.46. The number of aliphatic hydroxyl groups excluding tert-OH is 1. The van der Waals surface area contributed by atoms with E-state index in [9.17, 15) is 14.3 Å². The van der Waals surface area contributed by atoms with Gasteiger partial charge in [0.15, 0.2) is 5.82 Å². The Kier molecular flexibility index (Phi) is 4.29. The number of aliphatic hydroxyl groups is 1. The highest BCUT2D eigenvalue weighted by atomic mass is 32.1. The number of thiophene rings is 1. The molecule has 7 heteroatoms. The van der Waals surface area contributed by atoms with Crippen LogP contribution >= 0.6 is 11.3 Å². The molecule has 0 bridgehead atoms. The first-order chi connectivity index (χ1) is 11.1. The Morgan fingerprint density at radius 1 is 1.35 bits per heavy atom. The number of H-pyrrole nitrogens is 1. The zero-order valence-corrected chi connectivity index (χ0v) is 12.7. The van der Waals surface area contributed by atoms with E-state index < -0.39 is 5.78 Å². The van der Waals surface area contributed by atoms with Crippen LogP contribution in [0.3, 0.4) is 0 Å². The maximum atomic E-state index is 12.9. The van der Waals surface area contributed by atoms with E-state index in [1.54, 1.807) is 23.6 Å². The Labute approximate surface area is 135 Å². The van der Waals surface area contributed by atoms with Gasteiger partial charge in [0.25, 0.3) is 0 Å². The third-order valence-corrected chi connectivity index (χ3v) is 4.09. The summed E-state index contributed by atoms with van der Waals surface area (Å²) in [5.41, 5.74) is 1.53. The zero-order chi connectivity index (χ0) is 16.2. The topological polar surface area (TPSA) is 78.9 Å². The smallest absolute Gasteiger partial charge is 0.226 e. The van der Waals surface area contributed by atoms with Crippen molar-refractivity contribution >= 4 is 22.9 Å². The number of benzene rings is 1. The van der Waals surface area contributed by atoms with Gasteiger partial charge >= 0.3 is 0 Å². The van der Waals surface area contributed by atoms with Gasteiger partial charge in [-0.25, -0.2) is 9.37 Å². The molecule has 0 amide bonds. The maximum Gasteiger partial charge on any atom is 0.226 e. The number of aromatic amines is 1. The average Bonchev–Trinajstić information content (AvgIpc) is 3.21. The van der Waals surface area contributed by atoms with Gasteiger partial charge < -0.3 is 5.11 Å². The Morgan fingerprint density at radius 2 is 2.13 bits per heavy atom. The minimum atomic E-state index is -0.453. The number of hydrogen-bond acceptors (Lipinski definition) is 5. The molecule has 3 rings (SSSR count). The Morgan fingerprint density at radius 3 is 2.83 bits per heavy atom. The number of halogens is 1. The third-order valence-electron chi connectivity index (χ3n) is 3.16. The van der Waals surface area contributed by atoms with Crippen molar-refractivity contribution in [3.05, 3.63) is 75.8 Å². The second-order valence-electron chi connectivity index (χ2n) is 4.83. The van der Waals surface area contributed by atoms with Crippen LogP contribution in [0.25, 0.3) is 5.76 Å². The number of nitrogens with zero attached hydrogens (tertiary/aromatic N) is 2. The van der Waals surface area contributed by atoms with Gasteiger partial charge in [-0.3, -0.25) is 9.89 Å². The fourth-order valence-corrected chi connectivity index (χ4v) is 2.92. The van der Waals surface area contributed by atoms with Crippen LogP contribution in [0.15, 0.2) is 48.1 Å². The van der Waals surface area contributed by atoms with Crippen molar-refractivity contribution in [2.75, 3.05) is 0 Å². The number of carbonyl (C=O) groups is 1. The van der Waals surface area contributed by atoms with E-state index >= 15 is 0 Å². The molecule has 0 fully saturated rings. The van der Waals surface area contributed by atoms with Crippen molar-refractivity contribution in [2.45, 2.75) is 6.42 Å². The number of carbonyl (C=O) groups excluding carboxylic acids is 1. The molecule has 3 aromatic rings. The molecule has 2 heterocycles. The maximum absolute atomic E-state index is 12.9. The lowest BCUT2D eigenvalue weighted by molar-refractivity contribution is 0.103. The second-order valence-corrected chi connectivity index (χ2v) is 5.83. The van der Waals surface area contributed by atoms with E-state index in [1.165, 1.54) is 29.8 Å². The summed E-state index contributed by atoms with van der Waals surface area (Å²) in [5, 5.41) is 17.8. The molecule has 116 valence electrons. The van der Waals surface area contributed by atoms with Gasteiger partial charge in [-0.2, -0.15) is 5.10 Å². The summed E-state index contributed by atoms with van der Waals surface area (Å²) in [6.45, 7) is 0. The second kappa shape index (κ2) is 6.53. The highest BCUT2D eigenvalue weighted by molar-refractivity contribution is 7.10. The Hall–Kier alpha value is -2.80. The van der Waals surface area contributed by atoms with Crippen LogP contribution < -0.4 is 0 Å². The summed E-state index contributed by atoms with van der Waals surface area (Å²) < 4.78 is 12.9. The molecule has 23 heavy (non-hydrogen) atoms. The van der Waals surface area contributed by atoms with Gasteiger partial charge in [0.2, 0.25) is 5.78 Å². The summed E-state index contributed by atoms with van der Waals surface area (Å²) in [5.74, 6) is -0.787. The van der Waals surface area contributed by atoms with Crippen LogP contribution in [0.4, 0.5) is 4.39 Å². The summed E-state index contributed by atoms with van der Waals surface area (Å²) in [6, 6.07) is 8.07. The molecule has 2 N–H and O–H groups in total. The van der Waals surface area contributed by atoms with E-state index in [0.29, 0.717) is 12.0 Å². The van der Waals surface area contributed by atoms with Crippen LogP contribution in [0.2, 0.25) is 0 Å². The first-order valence-corrected chi connectivity index (χ1v) is 7.62. The van der Waals surface area contributed by atoms with Crippen LogP contribution in [0, 0.1) is 5.82 Å². The largest absolute Gasteiger partial charge is 0.507 e. The SMILES string of the molecule is O=C(C=C(O)c1csc(Cc2ccc(F)cc2)c1)c1ncn[nH]1. The van der Waals surface area contributed by atoms with Gasteiger partial charge in [-0.1, -0.05) is 12.1 Å². The molecular formula is C16H12FN3O2S. The molecule has 5 nitrogen and oxygen atoms in total. The zero-order valence-electron chi connectivity index (χ0n) is 11.9. The average molecular weight is 329 g/mol. The molecular weight excluding hydrogens is 317 g/mol. The molecule has 0 unspecified atom stereocenters. The van der Waals surface area contributed by atoms with E-state index in [2.05, 4.69) is 15.2 Å². The summed E-state index contributed by atoms with van der Waals surface area (Å²) in [6.07, 6.45) is 2.96. The fraction of sp³-hybridized carbons (Fsp3) is 0.0625. The quantitative estimate of drug-likeness (QED) is 0.427. The molecule has 0 aliphatic heterocycles. The van der Waals surface area contributed by atoms with Crippen LogP contribution in [0.1, 0.15) is 26.6 Å². The summed E-state index contributed by atoms with van der Waals surface area (Å²) in [4.78, 5) is 16.5. The number of allylic oxidation sites excluding steroid dienone is 1. The van der Waals surface area contributed by atoms with Gasteiger partial charge in [0, 0.05) is 28.3 Å². The van der Waals surface area contributed by atoms with Gasteiger partial charge in [0.05, 0.1) is 0 Å². The van der Waals surface area contributed by atoms with Crippen molar-refractivity contribution in [3.63, 3.8) is 0 Å². The number of hydrogen-bond donors (Lipinski definition) is 2. The van der Waals surface area contributed by atoms with Gasteiger partial charge in [-0.15, -0.1) is 11.3 Å². The standard InChI is InChI=1S/C16H12FN3O2S/c17-12-3-1-10(2-4-12)5-13-6-11(8-23-13)14(21)7-15(22)16-18-9-19-20-16/h1-4,6-9,21H,5H2,(H,18,19,20). The van der Waals surface area contributed by atoms with Crippen LogP contribution in [-0.4, -0.2) is 26.1 Å². The first-order valence-electron chi connectivity index (χ1n) is 6.74. The molecule has 0 aliphatic carbocycles. The third kappa shape index (κ3) is 3.70. The molecule has 0 aliphatic rings. The lowest BCUT2D eigenvalue weighted by atomic mass is 10.1. The van der Waals surface area contributed by atoms with E-state index in [1.807, 2.05) is 0 Å². The Balaban J connectivity index is 1.73. The van der Waals surface area contributed by atoms with E-state index in [0.717, 1.165) is 16.5 Å². The van der Waals surface area contributed by atoms with Gasteiger partial charge in [-0.05, 0) is 23.8 Å². The minimum absolute atomic E-state index is 0.0679. The van der Waals surface area contributed by atoms with Crippen molar-refractivity contribution in [3.8, 4) is 0 Å². The van der Waals surface area contributed by atoms with E-state index in [4.69, 9.17) is 0 Å². The molecule has 0 spiro atoms. The van der Waals surface area contributed by atoms with Crippen LogP contribution in [-0.2, 0) is 6.42 Å². The minimum Gasteiger partial charge on any atom is -0.507 e. The fourth-order valence-electron chi connectivity index (χ4n) is 2.01. The molecule has 0 saturated carbocycles. The van der Waals surface area contributed by atoms with E-state index in [-0.39, 0.29) is 17.4 Å². The first kappa shape index (κ1) is 15.1. The predicted octanol–water partition coefficient (Wildman–Crippen LogP) is 3.38. The van der Waals surface area contributed by atoms with Gasteiger partial charge in [0.1, 0.15) is 17.9 Å². The lowest BCUT2D eigenvalue weighted by Gasteiger charge is -1.98. The molecule has 0 atom stereocenters. The molecule has 1 aromatic carbocycles. The van der Waals surface area contributed by atoms with Crippen LogP contribution in [0.5, 0.6) is 0 Å². The van der Waals surface area contributed by atoms with Crippen molar-refractivity contribution < 1.29 is 14.3 Å². The Bertz CT molecular complexity index is 839. The van der Waals surface area contributed by atoms with Crippen molar-refractivity contribution in [2.24, 2.45) is 0 Å². The predicted molar refractivity (Wildman–Crippen MR) is 84.8 cm³/mol.